The van der Waals surface area contributed by atoms with Gasteiger partial charge in [0.05, 0.1) is 13.0 Å². The Balaban J connectivity index is 2.25. The number of benzene rings is 2. The van der Waals surface area contributed by atoms with Crippen molar-refractivity contribution < 1.29 is 14.7 Å². The second-order valence-electron chi connectivity index (χ2n) is 4.21. The van der Waals surface area contributed by atoms with Crippen LogP contribution >= 0.6 is 0 Å². The predicted octanol–water partition coefficient (Wildman–Crippen LogP) is 0.689. The molecule has 2 aromatic carbocycles. The molecular formula is C14H14N2O3. The Morgan fingerprint density at radius 2 is 1.84 bits per heavy atom. The van der Waals surface area contributed by atoms with Gasteiger partial charge in [0.1, 0.15) is 5.75 Å². The van der Waals surface area contributed by atoms with E-state index in [9.17, 15) is 14.7 Å². The molecule has 98 valence electrons. The number of rotatable bonds is 4. The van der Waals surface area contributed by atoms with Crippen LogP contribution in [0, 0.1) is 0 Å². The molecule has 2 rings (SSSR count). The van der Waals surface area contributed by atoms with E-state index in [0.717, 1.165) is 5.39 Å². The molecule has 0 fully saturated rings. The summed E-state index contributed by atoms with van der Waals surface area (Å²) in [6.45, 7) is -0.185. The highest BCUT2D eigenvalue weighted by Crippen LogP contribution is 2.28. The first-order chi connectivity index (χ1) is 9.08. The first-order valence-corrected chi connectivity index (χ1v) is 5.82. The lowest BCUT2D eigenvalue weighted by molar-refractivity contribution is -0.124. The molecule has 5 nitrogen and oxygen atoms in total. The van der Waals surface area contributed by atoms with E-state index in [1.165, 1.54) is 0 Å². The molecule has 0 saturated heterocycles. The predicted molar refractivity (Wildman–Crippen MR) is 71.5 cm³/mol. The molecule has 19 heavy (non-hydrogen) atoms. The molecule has 0 aliphatic heterocycles. The summed E-state index contributed by atoms with van der Waals surface area (Å²) in [4.78, 5) is 22.3. The minimum Gasteiger partial charge on any atom is -0.507 e. The van der Waals surface area contributed by atoms with Gasteiger partial charge in [0.15, 0.2) is 0 Å². The molecular weight excluding hydrogens is 244 g/mol. The third kappa shape index (κ3) is 3.01. The molecule has 5 heteroatoms. The molecule has 0 unspecified atom stereocenters. The van der Waals surface area contributed by atoms with Crippen LogP contribution in [0.2, 0.25) is 0 Å². The second-order valence-corrected chi connectivity index (χ2v) is 4.21. The molecule has 4 N–H and O–H groups in total. The number of phenols is 1. The standard InChI is InChI=1S/C14H14N2O3/c15-12(18)8-16-13(19)7-10-5-1-3-9-4-2-6-11(17)14(9)10/h1-6,17H,7-8H2,(H2,15,18)(H,16,19). The van der Waals surface area contributed by atoms with Crippen LogP contribution in [0.25, 0.3) is 10.8 Å². The maximum absolute atomic E-state index is 11.7. The van der Waals surface area contributed by atoms with Gasteiger partial charge in [-0.1, -0.05) is 30.3 Å². The average Bonchev–Trinajstić information content (AvgIpc) is 2.37. The van der Waals surface area contributed by atoms with Crippen molar-refractivity contribution in [2.75, 3.05) is 6.54 Å². The van der Waals surface area contributed by atoms with Crippen molar-refractivity contribution in [2.45, 2.75) is 6.42 Å². The summed E-state index contributed by atoms with van der Waals surface area (Å²) in [7, 11) is 0. The monoisotopic (exact) mass is 258 g/mol. The van der Waals surface area contributed by atoms with Gasteiger partial charge in [-0.25, -0.2) is 0 Å². The van der Waals surface area contributed by atoms with Gasteiger partial charge in [-0.15, -0.1) is 0 Å². The van der Waals surface area contributed by atoms with Gasteiger partial charge in [-0.05, 0) is 17.0 Å². The van der Waals surface area contributed by atoms with Crippen molar-refractivity contribution in [3.8, 4) is 5.75 Å². The first-order valence-electron chi connectivity index (χ1n) is 5.82. The smallest absolute Gasteiger partial charge is 0.236 e. The summed E-state index contributed by atoms with van der Waals surface area (Å²) >= 11 is 0. The van der Waals surface area contributed by atoms with Crippen molar-refractivity contribution in [2.24, 2.45) is 5.73 Å². The van der Waals surface area contributed by atoms with Crippen molar-refractivity contribution >= 4 is 22.6 Å². The van der Waals surface area contributed by atoms with E-state index in [2.05, 4.69) is 5.32 Å². The third-order valence-corrected chi connectivity index (χ3v) is 2.78. The van der Waals surface area contributed by atoms with Gasteiger partial charge in [-0.2, -0.15) is 0 Å². The summed E-state index contributed by atoms with van der Waals surface area (Å²) in [5.41, 5.74) is 5.66. The van der Waals surface area contributed by atoms with Gasteiger partial charge in [-0.3, -0.25) is 9.59 Å². The molecule has 0 aliphatic rings. The van der Waals surface area contributed by atoms with E-state index in [4.69, 9.17) is 5.73 Å². The molecule has 2 amide bonds. The number of amides is 2. The molecule has 0 aliphatic carbocycles. The van der Waals surface area contributed by atoms with Gasteiger partial charge in [0.25, 0.3) is 0 Å². The van der Waals surface area contributed by atoms with Crippen LogP contribution < -0.4 is 11.1 Å². The van der Waals surface area contributed by atoms with E-state index in [1.54, 1.807) is 18.2 Å². The molecule has 0 atom stereocenters. The van der Waals surface area contributed by atoms with E-state index >= 15 is 0 Å². The number of phenolic OH excluding ortho intramolecular Hbond substituents is 1. The molecule has 0 saturated carbocycles. The molecule has 0 spiro atoms. The fourth-order valence-electron chi connectivity index (χ4n) is 1.97. The Morgan fingerprint density at radius 1 is 1.16 bits per heavy atom. The Bertz CT molecular complexity index is 632. The lowest BCUT2D eigenvalue weighted by Crippen LogP contribution is -2.34. The first kappa shape index (κ1) is 12.9. The maximum Gasteiger partial charge on any atom is 0.236 e. The van der Waals surface area contributed by atoms with E-state index in [1.807, 2.05) is 18.2 Å². The lowest BCUT2D eigenvalue weighted by Gasteiger charge is -2.08. The third-order valence-electron chi connectivity index (χ3n) is 2.78. The number of hydrogen-bond donors (Lipinski definition) is 3. The van der Waals surface area contributed by atoms with Crippen molar-refractivity contribution in [3.05, 3.63) is 42.0 Å². The largest absolute Gasteiger partial charge is 0.507 e. The Kier molecular flexibility index (Phi) is 3.66. The highest BCUT2D eigenvalue weighted by molar-refractivity contribution is 5.94. The van der Waals surface area contributed by atoms with Crippen molar-refractivity contribution in [3.63, 3.8) is 0 Å². The fraction of sp³-hybridized carbons (Fsp3) is 0.143. The molecule has 0 heterocycles. The zero-order valence-corrected chi connectivity index (χ0v) is 10.2. The van der Waals surface area contributed by atoms with Gasteiger partial charge >= 0.3 is 0 Å². The average molecular weight is 258 g/mol. The number of nitrogens with two attached hydrogens (primary N) is 1. The minimum atomic E-state index is -0.589. The number of fused-ring (bicyclic) bond motifs is 1. The van der Waals surface area contributed by atoms with Crippen LogP contribution in [-0.2, 0) is 16.0 Å². The highest BCUT2D eigenvalue weighted by atomic mass is 16.3. The van der Waals surface area contributed by atoms with Gasteiger partial charge < -0.3 is 16.2 Å². The van der Waals surface area contributed by atoms with E-state index < -0.39 is 5.91 Å². The zero-order chi connectivity index (χ0) is 13.8. The van der Waals surface area contributed by atoms with Crippen LogP contribution in [0.4, 0.5) is 0 Å². The van der Waals surface area contributed by atoms with E-state index in [-0.39, 0.29) is 24.6 Å². The topological polar surface area (TPSA) is 92.4 Å². The molecule has 0 aromatic heterocycles. The minimum absolute atomic E-state index is 0.0855. The summed E-state index contributed by atoms with van der Waals surface area (Å²) in [6, 6.07) is 10.6. The number of nitrogens with one attached hydrogen (secondary N) is 1. The Hall–Kier alpha value is -2.56. The number of primary amides is 1. The van der Waals surface area contributed by atoms with Crippen LogP contribution in [0.5, 0.6) is 5.75 Å². The van der Waals surface area contributed by atoms with Crippen LogP contribution in [-0.4, -0.2) is 23.5 Å². The number of carbonyl (C=O) groups excluding carboxylic acids is 2. The number of carbonyl (C=O) groups is 2. The second kappa shape index (κ2) is 5.39. The fourth-order valence-corrected chi connectivity index (χ4v) is 1.97. The van der Waals surface area contributed by atoms with Gasteiger partial charge in [0.2, 0.25) is 11.8 Å². The summed E-state index contributed by atoms with van der Waals surface area (Å²) in [6.07, 6.45) is 0.0855. The Morgan fingerprint density at radius 3 is 2.53 bits per heavy atom. The molecule has 0 bridgehead atoms. The zero-order valence-electron chi connectivity index (χ0n) is 10.2. The Labute approximate surface area is 110 Å². The van der Waals surface area contributed by atoms with Crippen LogP contribution in [0.1, 0.15) is 5.56 Å². The summed E-state index contributed by atoms with van der Waals surface area (Å²) in [5, 5.41) is 13.8. The lowest BCUT2D eigenvalue weighted by atomic mass is 10.0. The number of aromatic hydroxyl groups is 1. The van der Waals surface area contributed by atoms with Crippen LogP contribution in [0.3, 0.4) is 0 Å². The molecule has 2 aromatic rings. The SMILES string of the molecule is NC(=O)CNC(=O)Cc1cccc2cccc(O)c12. The normalized spacial score (nSPS) is 10.3. The van der Waals surface area contributed by atoms with Crippen molar-refractivity contribution in [1.82, 2.24) is 5.32 Å². The summed E-state index contributed by atoms with van der Waals surface area (Å²) < 4.78 is 0. The number of hydrogen-bond acceptors (Lipinski definition) is 3. The van der Waals surface area contributed by atoms with E-state index in [0.29, 0.717) is 10.9 Å². The van der Waals surface area contributed by atoms with Crippen molar-refractivity contribution in [1.29, 1.82) is 0 Å². The van der Waals surface area contributed by atoms with Gasteiger partial charge in [0, 0.05) is 5.39 Å². The highest BCUT2D eigenvalue weighted by Gasteiger charge is 2.10. The van der Waals surface area contributed by atoms with Crippen LogP contribution in [0.15, 0.2) is 36.4 Å². The maximum atomic E-state index is 11.7. The quantitative estimate of drug-likeness (QED) is 0.753. The summed E-state index contributed by atoms with van der Waals surface area (Å²) in [5.74, 6) is -0.764. The molecule has 0 radical (unpaired) electrons.